The third-order valence-electron chi connectivity index (χ3n) is 6.15. The van der Waals surface area contributed by atoms with Gasteiger partial charge in [-0.1, -0.05) is 73.0 Å². The van der Waals surface area contributed by atoms with Crippen LogP contribution in [0.1, 0.15) is 41.4 Å². The van der Waals surface area contributed by atoms with Crippen LogP contribution < -0.4 is 5.32 Å². The summed E-state index contributed by atoms with van der Waals surface area (Å²) < 4.78 is 1.76. The molecule has 1 heterocycles. The first-order valence-electron chi connectivity index (χ1n) is 12.4. The van der Waals surface area contributed by atoms with E-state index in [1.54, 1.807) is 33.8 Å². The molecule has 0 aliphatic heterocycles. The summed E-state index contributed by atoms with van der Waals surface area (Å²) in [4.78, 5) is 28.3. The highest BCUT2D eigenvalue weighted by molar-refractivity contribution is 6.30. The van der Waals surface area contributed by atoms with Gasteiger partial charge in [0, 0.05) is 22.7 Å². The highest BCUT2D eigenvalue weighted by Gasteiger charge is 2.23. The first kappa shape index (κ1) is 26.2. The standard InChI is InChI=1S/C30H31ClN4O2/c1-4-5-19-34(30(37)24-13-15-25(31)16-14-24)20-27(36)32-29-28(23-9-7-6-8-10-23)22(3)33-35(29)26-17-11-21(2)12-18-26/h6-18H,4-5,19-20H2,1-3H3,(H,32,36). The quantitative estimate of drug-likeness (QED) is 0.270. The van der Waals surface area contributed by atoms with E-state index in [1.165, 1.54) is 0 Å². The number of anilines is 1. The maximum Gasteiger partial charge on any atom is 0.254 e. The van der Waals surface area contributed by atoms with Crippen molar-refractivity contribution in [3.63, 3.8) is 0 Å². The van der Waals surface area contributed by atoms with Gasteiger partial charge in [-0.05, 0) is 62.2 Å². The van der Waals surface area contributed by atoms with E-state index in [1.807, 2.05) is 68.4 Å². The first-order chi connectivity index (χ1) is 17.9. The monoisotopic (exact) mass is 514 g/mol. The maximum atomic E-state index is 13.4. The Morgan fingerprint density at radius 1 is 0.946 bits per heavy atom. The topological polar surface area (TPSA) is 67.2 Å². The molecule has 0 unspecified atom stereocenters. The van der Waals surface area contributed by atoms with Gasteiger partial charge in [0.15, 0.2) is 0 Å². The van der Waals surface area contributed by atoms with E-state index in [2.05, 4.69) is 12.2 Å². The number of nitrogens with one attached hydrogen (secondary N) is 1. The van der Waals surface area contributed by atoms with Gasteiger partial charge in [0.25, 0.3) is 5.91 Å². The Balaban J connectivity index is 1.66. The zero-order valence-corrected chi connectivity index (χ0v) is 22.1. The third-order valence-corrected chi connectivity index (χ3v) is 6.41. The number of amides is 2. The molecular weight excluding hydrogens is 484 g/mol. The minimum Gasteiger partial charge on any atom is -0.329 e. The number of aromatic nitrogens is 2. The zero-order valence-electron chi connectivity index (χ0n) is 21.4. The molecule has 6 nitrogen and oxygen atoms in total. The van der Waals surface area contributed by atoms with Crippen molar-refractivity contribution in [2.75, 3.05) is 18.4 Å². The van der Waals surface area contributed by atoms with Crippen LogP contribution in [0.4, 0.5) is 5.82 Å². The van der Waals surface area contributed by atoms with Crippen LogP contribution in [0.25, 0.3) is 16.8 Å². The van der Waals surface area contributed by atoms with E-state index < -0.39 is 0 Å². The summed E-state index contributed by atoms with van der Waals surface area (Å²) in [7, 11) is 0. The molecule has 0 spiro atoms. The van der Waals surface area contributed by atoms with Crippen LogP contribution in [-0.2, 0) is 4.79 Å². The van der Waals surface area contributed by atoms with E-state index in [0.29, 0.717) is 22.9 Å². The van der Waals surface area contributed by atoms with Crippen molar-refractivity contribution in [2.24, 2.45) is 0 Å². The third kappa shape index (κ3) is 6.27. The Labute approximate surface area is 222 Å². The number of halogens is 1. The predicted octanol–water partition coefficient (Wildman–Crippen LogP) is 6.69. The number of aryl methyl sites for hydroxylation is 2. The summed E-state index contributed by atoms with van der Waals surface area (Å²) in [6.45, 7) is 6.42. The molecule has 3 aromatic carbocycles. The fourth-order valence-corrected chi connectivity index (χ4v) is 4.31. The van der Waals surface area contributed by atoms with Gasteiger partial charge < -0.3 is 10.2 Å². The summed E-state index contributed by atoms with van der Waals surface area (Å²) in [6, 6.07) is 24.6. The Morgan fingerprint density at radius 3 is 2.27 bits per heavy atom. The molecule has 0 aliphatic carbocycles. The number of carbonyl (C=O) groups is 2. The van der Waals surface area contributed by atoms with E-state index in [4.69, 9.17) is 16.7 Å². The number of carbonyl (C=O) groups excluding carboxylic acids is 2. The molecule has 0 aliphatic rings. The van der Waals surface area contributed by atoms with Crippen molar-refractivity contribution in [2.45, 2.75) is 33.6 Å². The number of nitrogens with zero attached hydrogens (tertiary/aromatic N) is 3. The molecule has 2 amide bonds. The SMILES string of the molecule is CCCCN(CC(=O)Nc1c(-c2ccccc2)c(C)nn1-c1ccc(C)cc1)C(=O)c1ccc(Cl)cc1. The second-order valence-corrected chi connectivity index (χ2v) is 9.49. The second-order valence-electron chi connectivity index (χ2n) is 9.06. The molecular formula is C30H31ClN4O2. The number of rotatable bonds is 9. The van der Waals surface area contributed by atoms with Crippen LogP contribution in [0.15, 0.2) is 78.9 Å². The molecule has 1 aromatic heterocycles. The van der Waals surface area contributed by atoms with Gasteiger partial charge in [-0.3, -0.25) is 9.59 Å². The Morgan fingerprint density at radius 2 is 1.62 bits per heavy atom. The first-order valence-corrected chi connectivity index (χ1v) is 12.8. The largest absolute Gasteiger partial charge is 0.329 e. The van der Waals surface area contributed by atoms with Crippen LogP contribution in [0.2, 0.25) is 5.02 Å². The van der Waals surface area contributed by atoms with Crippen LogP contribution >= 0.6 is 11.6 Å². The van der Waals surface area contributed by atoms with Gasteiger partial charge in [0.1, 0.15) is 12.4 Å². The van der Waals surface area contributed by atoms with Crippen molar-refractivity contribution in [3.05, 3.63) is 101 Å². The molecule has 4 aromatic rings. The highest BCUT2D eigenvalue weighted by Crippen LogP contribution is 2.33. The maximum absolute atomic E-state index is 13.4. The average molecular weight is 515 g/mol. The summed E-state index contributed by atoms with van der Waals surface area (Å²) in [5.74, 6) is 0.0857. The minimum atomic E-state index is -0.288. The normalized spacial score (nSPS) is 10.8. The highest BCUT2D eigenvalue weighted by atomic mass is 35.5. The lowest BCUT2D eigenvalue weighted by Crippen LogP contribution is -2.39. The van der Waals surface area contributed by atoms with Crippen molar-refractivity contribution < 1.29 is 9.59 Å². The Bertz CT molecular complexity index is 1360. The van der Waals surface area contributed by atoms with Gasteiger partial charge in [-0.2, -0.15) is 5.10 Å². The minimum absolute atomic E-state index is 0.0756. The fourth-order valence-electron chi connectivity index (χ4n) is 4.19. The lowest BCUT2D eigenvalue weighted by Gasteiger charge is -2.22. The molecule has 0 fully saturated rings. The number of hydrogen-bond donors (Lipinski definition) is 1. The summed E-state index contributed by atoms with van der Waals surface area (Å²) in [6.07, 6.45) is 1.70. The molecule has 7 heteroatoms. The molecule has 0 saturated heterocycles. The molecule has 1 N–H and O–H groups in total. The second kappa shape index (κ2) is 11.9. The van der Waals surface area contributed by atoms with Crippen LogP contribution in [0, 0.1) is 13.8 Å². The molecule has 37 heavy (non-hydrogen) atoms. The van der Waals surface area contributed by atoms with Gasteiger partial charge in [0.2, 0.25) is 5.91 Å². The van der Waals surface area contributed by atoms with E-state index in [0.717, 1.165) is 40.9 Å². The lowest BCUT2D eigenvalue weighted by molar-refractivity contribution is -0.116. The van der Waals surface area contributed by atoms with Crippen molar-refractivity contribution in [1.82, 2.24) is 14.7 Å². The van der Waals surface area contributed by atoms with E-state index >= 15 is 0 Å². The lowest BCUT2D eigenvalue weighted by atomic mass is 10.1. The molecule has 190 valence electrons. The molecule has 0 radical (unpaired) electrons. The van der Waals surface area contributed by atoms with E-state index in [9.17, 15) is 9.59 Å². The fraction of sp³-hybridized carbons (Fsp3) is 0.233. The Hall–Kier alpha value is -3.90. The molecule has 0 saturated carbocycles. The van der Waals surface area contributed by atoms with Crippen molar-refractivity contribution >= 4 is 29.2 Å². The van der Waals surface area contributed by atoms with Crippen LogP contribution in [0.3, 0.4) is 0 Å². The molecule has 0 atom stereocenters. The Kier molecular flexibility index (Phi) is 8.41. The van der Waals surface area contributed by atoms with Crippen molar-refractivity contribution in [1.29, 1.82) is 0 Å². The van der Waals surface area contributed by atoms with Gasteiger partial charge in [-0.15, -0.1) is 0 Å². The van der Waals surface area contributed by atoms with Gasteiger partial charge in [0.05, 0.1) is 11.4 Å². The molecule has 4 rings (SSSR count). The smallest absolute Gasteiger partial charge is 0.254 e. The van der Waals surface area contributed by atoms with Crippen LogP contribution in [0.5, 0.6) is 0 Å². The van der Waals surface area contributed by atoms with Gasteiger partial charge in [-0.25, -0.2) is 4.68 Å². The number of unbranched alkanes of at least 4 members (excludes halogenated alkanes) is 1. The van der Waals surface area contributed by atoms with E-state index in [-0.39, 0.29) is 18.4 Å². The number of benzene rings is 3. The summed E-state index contributed by atoms with van der Waals surface area (Å²) >= 11 is 6.00. The van der Waals surface area contributed by atoms with Gasteiger partial charge >= 0.3 is 0 Å². The predicted molar refractivity (Wildman–Crippen MR) is 149 cm³/mol. The average Bonchev–Trinajstić information content (AvgIpc) is 3.22. The van der Waals surface area contributed by atoms with Crippen molar-refractivity contribution in [3.8, 4) is 16.8 Å². The number of hydrogen-bond acceptors (Lipinski definition) is 3. The summed E-state index contributed by atoms with van der Waals surface area (Å²) in [5, 5.41) is 8.41. The summed E-state index contributed by atoms with van der Waals surface area (Å²) in [5.41, 5.74) is 5.06. The van der Waals surface area contributed by atoms with Crippen LogP contribution in [-0.4, -0.2) is 39.6 Å². The molecule has 0 bridgehead atoms. The zero-order chi connectivity index (χ0) is 26.4.